The van der Waals surface area contributed by atoms with Gasteiger partial charge in [0.05, 0.1) is 22.0 Å². The van der Waals surface area contributed by atoms with Gasteiger partial charge in [0, 0.05) is 12.6 Å². The van der Waals surface area contributed by atoms with Crippen LogP contribution >= 0.6 is 23.2 Å². The number of carbonyl (C=O) groups is 2. The minimum atomic E-state index is -3.79. The van der Waals surface area contributed by atoms with E-state index in [0.717, 1.165) is 28.1 Å². The number of sulfonamides is 1. The highest BCUT2D eigenvalue weighted by Gasteiger charge is 2.32. The molecular weight excluding hydrogens is 521 g/mol. The Bertz CT molecular complexity index is 1180. The van der Waals surface area contributed by atoms with Gasteiger partial charge in [0.2, 0.25) is 21.8 Å². The van der Waals surface area contributed by atoms with Crippen LogP contribution in [-0.4, -0.2) is 50.0 Å². The van der Waals surface area contributed by atoms with Gasteiger partial charge in [0.1, 0.15) is 12.6 Å². The van der Waals surface area contributed by atoms with Crippen molar-refractivity contribution in [3.8, 4) is 0 Å². The molecule has 0 spiro atoms. The number of anilines is 1. The maximum Gasteiger partial charge on any atom is 0.244 e. The fourth-order valence-corrected chi connectivity index (χ4v) is 5.06. The zero-order chi connectivity index (χ0) is 27.2. The third kappa shape index (κ3) is 8.11. The first-order valence-electron chi connectivity index (χ1n) is 11.9. The van der Waals surface area contributed by atoms with Crippen molar-refractivity contribution in [3.05, 3.63) is 63.1 Å². The van der Waals surface area contributed by atoms with Gasteiger partial charge in [-0.25, -0.2) is 8.42 Å². The number of carbonyl (C=O) groups excluding carboxylic acids is 2. The summed E-state index contributed by atoms with van der Waals surface area (Å²) in [5.74, 6) is -0.797. The lowest BCUT2D eigenvalue weighted by molar-refractivity contribution is -0.140. The molecule has 10 heteroatoms. The second-order valence-corrected chi connectivity index (χ2v) is 11.8. The fraction of sp³-hybridized carbons (Fsp3) is 0.462. The summed E-state index contributed by atoms with van der Waals surface area (Å²) < 4.78 is 26.6. The molecule has 0 radical (unpaired) electrons. The predicted molar refractivity (Wildman–Crippen MR) is 147 cm³/mol. The summed E-state index contributed by atoms with van der Waals surface area (Å²) in [6.45, 7) is 9.00. The summed E-state index contributed by atoms with van der Waals surface area (Å²) in [5, 5.41) is 3.64. The van der Waals surface area contributed by atoms with E-state index in [1.807, 2.05) is 40.7 Å². The van der Waals surface area contributed by atoms with Gasteiger partial charge in [0.25, 0.3) is 0 Å². The Hall–Kier alpha value is -2.29. The van der Waals surface area contributed by atoms with Crippen LogP contribution in [0.5, 0.6) is 0 Å². The van der Waals surface area contributed by atoms with Crippen molar-refractivity contribution in [2.75, 3.05) is 17.1 Å². The van der Waals surface area contributed by atoms with Crippen molar-refractivity contribution in [1.29, 1.82) is 0 Å². The molecule has 0 heterocycles. The van der Waals surface area contributed by atoms with Gasteiger partial charge in [-0.3, -0.25) is 13.9 Å². The number of aryl methyl sites for hydroxylation is 2. The van der Waals surface area contributed by atoms with E-state index in [2.05, 4.69) is 5.32 Å². The molecule has 7 nitrogen and oxygen atoms in total. The van der Waals surface area contributed by atoms with E-state index in [-0.39, 0.29) is 18.5 Å². The highest BCUT2D eigenvalue weighted by atomic mass is 35.5. The minimum absolute atomic E-state index is 0.0621. The normalized spacial score (nSPS) is 13.1. The van der Waals surface area contributed by atoms with E-state index in [0.29, 0.717) is 27.7 Å². The Labute approximate surface area is 224 Å². The van der Waals surface area contributed by atoms with Crippen LogP contribution in [0.3, 0.4) is 0 Å². The van der Waals surface area contributed by atoms with E-state index in [1.165, 1.54) is 4.90 Å². The Morgan fingerprint density at radius 1 is 0.972 bits per heavy atom. The first kappa shape index (κ1) is 29.9. The SMILES string of the molecule is CC[C@H](C(=O)N[C@@H](C)CC)N(Cc1ccc(Cl)c(Cl)c1)C(=O)CN(c1cc(C)cc(C)c1)S(C)(=O)=O. The third-order valence-corrected chi connectivity index (χ3v) is 7.78. The first-order valence-corrected chi connectivity index (χ1v) is 14.5. The van der Waals surface area contributed by atoms with Gasteiger partial charge in [-0.05, 0) is 74.6 Å². The Kier molecular flexibility index (Phi) is 10.6. The van der Waals surface area contributed by atoms with E-state index >= 15 is 0 Å². The molecule has 2 amide bonds. The van der Waals surface area contributed by atoms with E-state index < -0.39 is 28.5 Å². The molecule has 0 aliphatic heterocycles. The van der Waals surface area contributed by atoms with E-state index in [9.17, 15) is 18.0 Å². The lowest BCUT2D eigenvalue weighted by Gasteiger charge is -2.33. The smallest absolute Gasteiger partial charge is 0.244 e. The molecule has 2 rings (SSSR count). The molecule has 2 atom stereocenters. The number of halogens is 2. The number of hydrogen-bond acceptors (Lipinski definition) is 4. The average molecular weight is 557 g/mol. The number of nitrogens with zero attached hydrogens (tertiary/aromatic N) is 2. The summed E-state index contributed by atoms with van der Waals surface area (Å²) in [7, 11) is -3.79. The van der Waals surface area contributed by atoms with Gasteiger partial charge in [-0.1, -0.05) is 49.2 Å². The van der Waals surface area contributed by atoms with Crippen LogP contribution in [0.1, 0.15) is 50.3 Å². The van der Waals surface area contributed by atoms with Crippen LogP contribution in [0.4, 0.5) is 5.69 Å². The van der Waals surface area contributed by atoms with Crippen LogP contribution in [-0.2, 0) is 26.2 Å². The van der Waals surface area contributed by atoms with Crippen LogP contribution in [0.15, 0.2) is 36.4 Å². The minimum Gasteiger partial charge on any atom is -0.352 e. The van der Waals surface area contributed by atoms with Crippen LogP contribution in [0.2, 0.25) is 10.0 Å². The third-order valence-electron chi connectivity index (χ3n) is 5.90. The van der Waals surface area contributed by atoms with Crippen molar-refractivity contribution in [3.63, 3.8) is 0 Å². The molecule has 0 aromatic heterocycles. The summed E-state index contributed by atoms with van der Waals surface area (Å²) in [5.41, 5.74) is 2.82. The molecule has 0 unspecified atom stereocenters. The number of benzene rings is 2. The molecule has 36 heavy (non-hydrogen) atoms. The summed E-state index contributed by atoms with van der Waals surface area (Å²) in [4.78, 5) is 28.3. The van der Waals surface area contributed by atoms with Crippen LogP contribution in [0, 0.1) is 13.8 Å². The van der Waals surface area contributed by atoms with Gasteiger partial charge in [0.15, 0.2) is 0 Å². The van der Waals surface area contributed by atoms with Gasteiger partial charge in [-0.15, -0.1) is 0 Å². The topological polar surface area (TPSA) is 86.8 Å². The maximum atomic E-state index is 13.7. The Balaban J connectivity index is 2.50. The molecule has 0 aliphatic carbocycles. The fourth-order valence-electron chi connectivity index (χ4n) is 3.90. The lowest BCUT2D eigenvalue weighted by Crippen LogP contribution is -2.53. The lowest BCUT2D eigenvalue weighted by atomic mass is 10.1. The predicted octanol–water partition coefficient (Wildman–Crippen LogP) is 5.10. The largest absolute Gasteiger partial charge is 0.352 e. The number of nitrogens with one attached hydrogen (secondary N) is 1. The molecule has 0 saturated carbocycles. The van der Waals surface area contributed by atoms with E-state index in [1.54, 1.807) is 30.3 Å². The number of hydrogen-bond donors (Lipinski definition) is 1. The average Bonchev–Trinajstić information content (AvgIpc) is 2.77. The quantitative estimate of drug-likeness (QED) is 0.418. The molecule has 1 N–H and O–H groups in total. The zero-order valence-corrected chi connectivity index (χ0v) is 24.0. The molecule has 2 aromatic carbocycles. The van der Waals surface area contributed by atoms with Crippen molar-refractivity contribution >= 4 is 50.7 Å². The standard InChI is InChI=1S/C26H35Cl2N3O4S/c1-7-19(5)29-26(33)24(8-2)30(15-20-9-10-22(27)23(28)14-20)25(32)16-31(36(6,34)35)21-12-17(3)11-18(4)13-21/h9-14,19,24H,7-8,15-16H2,1-6H3,(H,29,33)/t19-,24+/m0/s1. The summed E-state index contributed by atoms with van der Waals surface area (Å²) in [6, 6.07) is 9.48. The molecule has 0 saturated heterocycles. The van der Waals surface area contributed by atoms with Crippen molar-refractivity contribution in [1.82, 2.24) is 10.2 Å². The second kappa shape index (κ2) is 12.8. The molecule has 0 bridgehead atoms. The van der Waals surface area contributed by atoms with Crippen molar-refractivity contribution in [2.45, 2.75) is 66.1 Å². The van der Waals surface area contributed by atoms with Crippen LogP contribution < -0.4 is 9.62 Å². The van der Waals surface area contributed by atoms with Gasteiger partial charge < -0.3 is 10.2 Å². The second-order valence-electron chi connectivity index (χ2n) is 9.13. The highest BCUT2D eigenvalue weighted by Crippen LogP contribution is 2.25. The summed E-state index contributed by atoms with van der Waals surface area (Å²) in [6.07, 6.45) is 2.14. The molecule has 198 valence electrons. The molecule has 0 aliphatic rings. The first-order chi connectivity index (χ1) is 16.8. The molecule has 0 fully saturated rings. The highest BCUT2D eigenvalue weighted by molar-refractivity contribution is 7.92. The summed E-state index contributed by atoms with van der Waals surface area (Å²) >= 11 is 12.2. The Morgan fingerprint density at radius 2 is 1.58 bits per heavy atom. The maximum absolute atomic E-state index is 13.7. The van der Waals surface area contributed by atoms with Gasteiger partial charge >= 0.3 is 0 Å². The Morgan fingerprint density at radius 3 is 2.08 bits per heavy atom. The van der Waals surface area contributed by atoms with E-state index in [4.69, 9.17) is 23.2 Å². The molecular formula is C26H35Cl2N3O4S. The van der Waals surface area contributed by atoms with Crippen LogP contribution in [0.25, 0.3) is 0 Å². The number of rotatable bonds is 11. The zero-order valence-electron chi connectivity index (χ0n) is 21.6. The molecule has 2 aromatic rings. The van der Waals surface area contributed by atoms with Crippen molar-refractivity contribution in [2.24, 2.45) is 0 Å². The number of amides is 2. The van der Waals surface area contributed by atoms with Gasteiger partial charge in [-0.2, -0.15) is 0 Å². The van der Waals surface area contributed by atoms with Crippen molar-refractivity contribution < 1.29 is 18.0 Å². The monoisotopic (exact) mass is 555 g/mol.